The fraction of sp³-hybridized carbons (Fsp3) is 0.200. The van der Waals surface area contributed by atoms with E-state index in [1.165, 1.54) is 20.3 Å². The van der Waals surface area contributed by atoms with Crippen molar-refractivity contribution in [1.82, 2.24) is 4.72 Å². The van der Waals surface area contributed by atoms with Crippen LogP contribution in [-0.2, 0) is 16.6 Å². The van der Waals surface area contributed by atoms with Gasteiger partial charge in [0.05, 0.1) is 18.7 Å². The average molecular weight is 386 g/mol. The van der Waals surface area contributed by atoms with Crippen LogP contribution in [0.2, 0.25) is 0 Å². The topological polar surface area (TPSA) is 64.6 Å². The van der Waals surface area contributed by atoms with Crippen molar-refractivity contribution < 1.29 is 17.9 Å². The van der Waals surface area contributed by atoms with E-state index < -0.39 is 10.0 Å². The molecule has 0 amide bonds. The van der Waals surface area contributed by atoms with Gasteiger partial charge in [0.25, 0.3) is 0 Å². The third kappa shape index (κ3) is 3.79. The molecule has 118 valence electrons. The Kier molecular flexibility index (Phi) is 5.44. The zero-order valence-electron chi connectivity index (χ0n) is 12.2. The first-order chi connectivity index (χ1) is 10.5. The van der Waals surface area contributed by atoms with Gasteiger partial charge in [-0.05, 0) is 27.6 Å². The number of nitrogens with one attached hydrogen (secondary N) is 1. The normalized spacial score (nSPS) is 11.2. The molecule has 0 saturated heterocycles. The van der Waals surface area contributed by atoms with Gasteiger partial charge in [-0.2, -0.15) is 0 Å². The van der Waals surface area contributed by atoms with Crippen LogP contribution in [0, 0.1) is 0 Å². The van der Waals surface area contributed by atoms with E-state index in [1.54, 1.807) is 6.07 Å². The smallest absolute Gasteiger partial charge is 0.244 e. The van der Waals surface area contributed by atoms with Crippen LogP contribution in [0.5, 0.6) is 11.5 Å². The summed E-state index contributed by atoms with van der Waals surface area (Å²) in [6.07, 6.45) is 0. The molecule has 22 heavy (non-hydrogen) atoms. The molecular weight excluding hydrogens is 370 g/mol. The molecule has 7 heteroatoms. The Bertz CT molecular complexity index is 748. The number of hydrogen-bond acceptors (Lipinski definition) is 4. The van der Waals surface area contributed by atoms with Crippen LogP contribution >= 0.6 is 15.9 Å². The average Bonchev–Trinajstić information content (AvgIpc) is 2.53. The number of ether oxygens (including phenoxy) is 2. The van der Waals surface area contributed by atoms with Crippen LogP contribution < -0.4 is 14.2 Å². The van der Waals surface area contributed by atoms with Crippen molar-refractivity contribution in [3.63, 3.8) is 0 Å². The second kappa shape index (κ2) is 7.13. The molecule has 2 rings (SSSR count). The van der Waals surface area contributed by atoms with Gasteiger partial charge in [0.15, 0.2) is 0 Å². The maximum atomic E-state index is 12.5. The molecule has 0 aromatic heterocycles. The van der Waals surface area contributed by atoms with E-state index in [2.05, 4.69) is 20.7 Å². The van der Waals surface area contributed by atoms with Gasteiger partial charge in [-0.15, -0.1) is 0 Å². The Morgan fingerprint density at radius 3 is 2.27 bits per heavy atom. The molecule has 2 aromatic rings. The number of rotatable bonds is 6. The van der Waals surface area contributed by atoms with Crippen molar-refractivity contribution in [2.75, 3.05) is 14.2 Å². The molecule has 2 aromatic carbocycles. The highest BCUT2D eigenvalue weighted by Gasteiger charge is 2.22. The summed E-state index contributed by atoms with van der Waals surface area (Å²) in [4.78, 5) is 0.0333. The Hall–Kier alpha value is -1.57. The van der Waals surface area contributed by atoms with E-state index in [9.17, 15) is 8.42 Å². The van der Waals surface area contributed by atoms with Crippen molar-refractivity contribution in [1.29, 1.82) is 0 Å². The SMILES string of the molecule is COc1cc(S(=O)(=O)NCc2ccccc2)c(OC)cc1Br. The molecule has 0 aliphatic heterocycles. The number of hydrogen-bond donors (Lipinski definition) is 1. The molecule has 0 fully saturated rings. The standard InChI is InChI=1S/C15H16BrNO4S/c1-20-13-9-15(14(21-2)8-12(13)16)22(18,19)17-10-11-6-4-3-5-7-11/h3-9,17H,10H2,1-2H3. The zero-order valence-corrected chi connectivity index (χ0v) is 14.6. The van der Waals surface area contributed by atoms with E-state index >= 15 is 0 Å². The number of benzene rings is 2. The highest BCUT2D eigenvalue weighted by atomic mass is 79.9. The summed E-state index contributed by atoms with van der Waals surface area (Å²) in [6, 6.07) is 12.3. The molecule has 0 atom stereocenters. The summed E-state index contributed by atoms with van der Waals surface area (Å²) < 4.78 is 38.5. The first-order valence-corrected chi connectivity index (χ1v) is 8.70. The quantitative estimate of drug-likeness (QED) is 0.829. The molecule has 0 aliphatic carbocycles. The van der Waals surface area contributed by atoms with Crippen LogP contribution in [0.1, 0.15) is 5.56 Å². The predicted octanol–water partition coefficient (Wildman–Crippen LogP) is 2.94. The second-order valence-electron chi connectivity index (χ2n) is 4.45. The summed E-state index contributed by atoms with van der Waals surface area (Å²) in [5, 5.41) is 0. The van der Waals surface area contributed by atoms with Gasteiger partial charge in [-0.1, -0.05) is 30.3 Å². The van der Waals surface area contributed by atoms with Crippen molar-refractivity contribution in [3.05, 3.63) is 52.5 Å². The van der Waals surface area contributed by atoms with Gasteiger partial charge in [0.1, 0.15) is 16.4 Å². The summed E-state index contributed by atoms with van der Waals surface area (Å²) in [5.74, 6) is 0.661. The molecule has 0 heterocycles. The van der Waals surface area contributed by atoms with Gasteiger partial charge in [-0.3, -0.25) is 0 Å². The molecule has 1 N–H and O–H groups in total. The lowest BCUT2D eigenvalue weighted by atomic mass is 10.2. The zero-order chi connectivity index (χ0) is 16.2. The summed E-state index contributed by atoms with van der Waals surface area (Å²) in [6.45, 7) is 0.199. The second-order valence-corrected chi connectivity index (χ2v) is 7.04. The van der Waals surface area contributed by atoms with Crippen LogP contribution in [-0.4, -0.2) is 22.6 Å². The van der Waals surface area contributed by atoms with Crippen LogP contribution in [0.3, 0.4) is 0 Å². The van der Waals surface area contributed by atoms with Crippen LogP contribution in [0.4, 0.5) is 0 Å². The maximum absolute atomic E-state index is 12.5. The molecule has 0 saturated carbocycles. The molecule has 0 aliphatic rings. The summed E-state index contributed by atoms with van der Waals surface area (Å²) in [7, 11) is -0.833. The molecule has 0 radical (unpaired) electrons. The number of methoxy groups -OCH3 is 2. The van der Waals surface area contributed by atoms with Gasteiger partial charge in [-0.25, -0.2) is 13.1 Å². The Morgan fingerprint density at radius 1 is 1.05 bits per heavy atom. The van der Waals surface area contributed by atoms with E-state index in [0.717, 1.165) is 5.56 Å². The predicted molar refractivity (Wildman–Crippen MR) is 87.7 cm³/mol. The Labute approximate surface area is 138 Å². The van der Waals surface area contributed by atoms with Gasteiger partial charge >= 0.3 is 0 Å². The monoisotopic (exact) mass is 385 g/mol. The molecular formula is C15H16BrNO4S. The molecule has 0 spiro atoms. The molecule has 5 nitrogen and oxygen atoms in total. The van der Waals surface area contributed by atoms with Crippen LogP contribution in [0.25, 0.3) is 0 Å². The minimum atomic E-state index is -3.73. The van der Waals surface area contributed by atoms with E-state index in [0.29, 0.717) is 10.2 Å². The van der Waals surface area contributed by atoms with E-state index in [4.69, 9.17) is 9.47 Å². The number of halogens is 1. The third-order valence-electron chi connectivity index (χ3n) is 3.04. The lowest BCUT2D eigenvalue weighted by Crippen LogP contribution is -2.23. The minimum Gasteiger partial charge on any atom is -0.496 e. The largest absolute Gasteiger partial charge is 0.496 e. The lowest BCUT2D eigenvalue weighted by molar-refractivity contribution is 0.390. The molecule has 0 bridgehead atoms. The van der Waals surface area contributed by atoms with Crippen LogP contribution in [0.15, 0.2) is 51.8 Å². The minimum absolute atomic E-state index is 0.0333. The Balaban J connectivity index is 2.32. The van der Waals surface area contributed by atoms with Crippen molar-refractivity contribution in [3.8, 4) is 11.5 Å². The van der Waals surface area contributed by atoms with E-state index in [1.807, 2.05) is 30.3 Å². The third-order valence-corrected chi connectivity index (χ3v) is 5.08. The lowest BCUT2D eigenvalue weighted by Gasteiger charge is -2.13. The van der Waals surface area contributed by atoms with Gasteiger partial charge < -0.3 is 9.47 Å². The Morgan fingerprint density at radius 2 is 1.68 bits per heavy atom. The maximum Gasteiger partial charge on any atom is 0.244 e. The fourth-order valence-electron chi connectivity index (χ4n) is 1.89. The summed E-state index contributed by atoms with van der Waals surface area (Å²) >= 11 is 3.30. The first-order valence-electron chi connectivity index (χ1n) is 6.43. The summed E-state index contributed by atoms with van der Waals surface area (Å²) in [5.41, 5.74) is 0.870. The van der Waals surface area contributed by atoms with Crippen molar-refractivity contribution in [2.24, 2.45) is 0 Å². The highest BCUT2D eigenvalue weighted by molar-refractivity contribution is 9.10. The van der Waals surface area contributed by atoms with Gasteiger partial charge in [0.2, 0.25) is 10.0 Å². The van der Waals surface area contributed by atoms with E-state index in [-0.39, 0.29) is 17.2 Å². The first kappa shape index (κ1) is 16.8. The number of sulfonamides is 1. The van der Waals surface area contributed by atoms with Gasteiger partial charge in [0, 0.05) is 12.6 Å². The van der Waals surface area contributed by atoms with Crippen molar-refractivity contribution >= 4 is 26.0 Å². The highest BCUT2D eigenvalue weighted by Crippen LogP contribution is 2.35. The fourth-order valence-corrected chi connectivity index (χ4v) is 3.56. The van der Waals surface area contributed by atoms with Crippen molar-refractivity contribution in [2.45, 2.75) is 11.4 Å². The molecule has 0 unspecified atom stereocenters.